The number of hydrazone groups is 1. The quantitative estimate of drug-likeness (QED) is 0.455. The number of anilines is 1. The minimum atomic E-state index is -0.494. The third-order valence-corrected chi connectivity index (χ3v) is 3.78. The van der Waals surface area contributed by atoms with Crippen LogP contribution in [0.25, 0.3) is 0 Å². The summed E-state index contributed by atoms with van der Waals surface area (Å²) in [7, 11) is 0. The average molecular weight is 346 g/mol. The van der Waals surface area contributed by atoms with Crippen LogP contribution in [0.4, 0.5) is 10.7 Å². The van der Waals surface area contributed by atoms with Crippen LogP contribution in [-0.2, 0) is 9.59 Å². The number of amides is 2. The highest BCUT2D eigenvalue weighted by Gasteiger charge is 2.09. The normalized spacial score (nSPS) is 10.5. The third-order valence-electron chi connectivity index (χ3n) is 2.81. The molecule has 1 heterocycles. The molecular formula is C15H14N4O4S. The monoisotopic (exact) mass is 346 g/mol. The maximum Gasteiger partial charge on any atom is 0.324 e. The number of rotatable bonds is 7. The Morgan fingerprint density at radius 1 is 1.12 bits per heavy atom. The Kier molecular flexibility index (Phi) is 6.15. The van der Waals surface area contributed by atoms with E-state index in [1.54, 1.807) is 24.3 Å². The number of benzene rings is 1. The minimum absolute atomic E-state index is 0.000333. The highest BCUT2D eigenvalue weighted by molar-refractivity contribution is 7.16. The molecule has 2 N–H and O–H groups in total. The molecule has 2 rings (SSSR count). The fourth-order valence-corrected chi connectivity index (χ4v) is 2.40. The molecule has 1 aromatic carbocycles. The lowest BCUT2D eigenvalue weighted by Gasteiger charge is -2.04. The van der Waals surface area contributed by atoms with Crippen LogP contribution in [0, 0.1) is 10.1 Å². The topological polar surface area (TPSA) is 114 Å². The van der Waals surface area contributed by atoms with Gasteiger partial charge in [-0.1, -0.05) is 29.5 Å². The molecule has 0 aliphatic heterocycles. The van der Waals surface area contributed by atoms with Crippen molar-refractivity contribution in [1.29, 1.82) is 0 Å². The lowest BCUT2D eigenvalue weighted by molar-refractivity contribution is -0.380. The Labute approximate surface area is 141 Å². The second-order valence-corrected chi connectivity index (χ2v) is 5.73. The summed E-state index contributed by atoms with van der Waals surface area (Å²) >= 11 is 0.948. The van der Waals surface area contributed by atoms with E-state index in [9.17, 15) is 19.7 Å². The van der Waals surface area contributed by atoms with Crippen LogP contribution in [0.3, 0.4) is 0 Å². The summed E-state index contributed by atoms with van der Waals surface area (Å²) in [5.74, 6) is -0.685. The predicted molar refractivity (Wildman–Crippen MR) is 91.0 cm³/mol. The molecule has 9 heteroatoms. The van der Waals surface area contributed by atoms with Gasteiger partial charge in [-0.15, -0.1) is 0 Å². The SMILES string of the molecule is O=C(CCC(=O)Nc1ccccc1)NN=Cc1ccc([N+](=O)[O-])s1. The Morgan fingerprint density at radius 3 is 2.50 bits per heavy atom. The number of nitrogens with zero attached hydrogens (tertiary/aromatic N) is 2. The standard InChI is InChI=1S/C15H14N4O4S/c20-13(17-11-4-2-1-3-5-11)7-8-14(21)18-16-10-12-6-9-15(24-12)19(22)23/h1-6,9-10H,7-8H2,(H,17,20)(H,18,21). The fourth-order valence-electron chi connectivity index (χ4n) is 1.71. The largest absolute Gasteiger partial charge is 0.326 e. The molecule has 1 aromatic heterocycles. The number of nitrogens with one attached hydrogen (secondary N) is 2. The van der Waals surface area contributed by atoms with Crippen molar-refractivity contribution in [2.24, 2.45) is 5.10 Å². The Hall–Kier alpha value is -3.07. The number of nitro groups is 1. The molecule has 0 saturated heterocycles. The zero-order valence-electron chi connectivity index (χ0n) is 12.5. The molecule has 0 spiro atoms. The van der Waals surface area contributed by atoms with E-state index in [1.165, 1.54) is 18.3 Å². The van der Waals surface area contributed by atoms with E-state index >= 15 is 0 Å². The molecular weight excluding hydrogens is 332 g/mol. The van der Waals surface area contributed by atoms with Crippen LogP contribution in [0.2, 0.25) is 0 Å². The van der Waals surface area contributed by atoms with Crippen molar-refractivity contribution in [3.8, 4) is 0 Å². The fraction of sp³-hybridized carbons (Fsp3) is 0.133. The minimum Gasteiger partial charge on any atom is -0.326 e. The summed E-state index contributed by atoms with van der Waals surface area (Å²) in [5.41, 5.74) is 2.94. The maximum atomic E-state index is 11.7. The summed E-state index contributed by atoms with van der Waals surface area (Å²) in [6.45, 7) is 0. The molecule has 0 bridgehead atoms. The molecule has 0 aliphatic carbocycles. The van der Waals surface area contributed by atoms with Gasteiger partial charge in [0.1, 0.15) is 0 Å². The van der Waals surface area contributed by atoms with Gasteiger partial charge >= 0.3 is 5.00 Å². The molecule has 24 heavy (non-hydrogen) atoms. The molecule has 2 aromatic rings. The van der Waals surface area contributed by atoms with Crippen molar-refractivity contribution in [2.45, 2.75) is 12.8 Å². The Morgan fingerprint density at radius 2 is 1.83 bits per heavy atom. The number of hydrogen-bond donors (Lipinski definition) is 2. The summed E-state index contributed by atoms with van der Waals surface area (Å²) in [4.78, 5) is 33.9. The van der Waals surface area contributed by atoms with Crippen molar-refractivity contribution in [1.82, 2.24) is 5.43 Å². The highest BCUT2D eigenvalue weighted by atomic mass is 32.1. The number of carbonyl (C=O) groups excluding carboxylic acids is 2. The smallest absolute Gasteiger partial charge is 0.324 e. The van der Waals surface area contributed by atoms with Gasteiger partial charge in [-0.25, -0.2) is 5.43 Å². The van der Waals surface area contributed by atoms with Crippen molar-refractivity contribution in [2.75, 3.05) is 5.32 Å². The Bertz CT molecular complexity index is 758. The van der Waals surface area contributed by atoms with E-state index in [2.05, 4.69) is 15.8 Å². The molecule has 8 nitrogen and oxygen atoms in total. The van der Waals surface area contributed by atoms with Gasteiger partial charge < -0.3 is 5.32 Å². The maximum absolute atomic E-state index is 11.7. The first kappa shape index (κ1) is 17.3. The number of thiophene rings is 1. The van der Waals surface area contributed by atoms with E-state index < -0.39 is 10.8 Å². The first-order valence-corrected chi connectivity index (χ1v) is 7.77. The van der Waals surface area contributed by atoms with Gasteiger partial charge in [0.15, 0.2) is 0 Å². The van der Waals surface area contributed by atoms with Gasteiger partial charge in [0, 0.05) is 24.6 Å². The number of para-hydroxylation sites is 1. The van der Waals surface area contributed by atoms with Gasteiger partial charge in [-0.3, -0.25) is 19.7 Å². The highest BCUT2D eigenvalue weighted by Crippen LogP contribution is 2.22. The van der Waals surface area contributed by atoms with Gasteiger partial charge in [0.05, 0.1) is 16.0 Å². The summed E-state index contributed by atoms with van der Waals surface area (Å²) in [6.07, 6.45) is 1.33. The van der Waals surface area contributed by atoms with Crippen molar-refractivity contribution < 1.29 is 14.5 Å². The lowest BCUT2D eigenvalue weighted by atomic mass is 10.2. The van der Waals surface area contributed by atoms with Crippen molar-refractivity contribution in [3.63, 3.8) is 0 Å². The molecule has 0 atom stereocenters. The van der Waals surface area contributed by atoms with Crippen LogP contribution in [0.15, 0.2) is 47.6 Å². The van der Waals surface area contributed by atoms with Crippen LogP contribution < -0.4 is 10.7 Å². The van der Waals surface area contributed by atoms with Crippen LogP contribution in [-0.4, -0.2) is 23.0 Å². The molecule has 0 fully saturated rings. The van der Waals surface area contributed by atoms with Gasteiger partial charge in [-0.2, -0.15) is 5.10 Å². The predicted octanol–water partition coefficient (Wildman–Crippen LogP) is 2.53. The van der Waals surface area contributed by atoms with E-state index in [4.69, 9.17) is 0 Å². The van der Waals surface area contributed by atoms with Crippen LogP contribution in [0.5, 0.6) is 0 Å². The average Bonchev–Trinajstić information content (AvgIpc) is 3.03. The second-order valence-electron chi connectivity index (χ2n) is 4.64. The zero-order chi connectivity index (χ0) is 17.4. The third kappa shape index (κ3) is 5.61. The molecule has 124 valence electrons. The van der Waals surface area contributed by atoms with E-state index in [1.807, 2.05) is 6.07 Å². The van der Waals surface area contributed by atoms with Crippen LogP contribution >= 0.6 is 11.3 Å². The zero-order valence-corrected chi connectivity index (χ0v) is 13.3. The van der Waals surface area contributed by atoms with Crippen molar-refractivity contribution in [3.05, 3.63) is 57.5 Å². The van der Waals surface area contributed by atoms with Gasteiger partial charge in [0.25, 0.3) is 0 Å². The van der Waals surface area contributed by atoms with E-state index in [-0.39, 0.29) is 23.7 Å². The summed E-state index contributed by atoms with van der Waals surface area (Å²) < 4.78 is 0. The number of carbonyl (C=O) groups is 2. The molecule has 0 unspecified atom stereocenters. The van der Waals surface area contributed by atoms with Gasteiger partial charge in [0.2, 0.25) is 11.8 Å². The molecule has 2 amide bonds. The number of hydrogen-bond acceptors (Lipinski definition) is 6. The molecule has 0 radical (unpaired) electrons. The van der Waals surface area contributed by atoms with E-state index in [0.717, 1.165) is 11.3 Å². The summed E-state index contributed by atoms with van der Waals surface area (Å²) in [6, 6.07) is 11.8. The second kappa shape index (κ2) is 8.53. The van der Waals surface area contributed by atoms with Crippen molar-refractivity contribution >= 4 is 40.1 Å². The Balaban J connectivity index is 1.71. The first-order valence-electron chi connectivity index (χ1n) is 6.95. The lowest BCUT2D eigenvalue weighted by Crippen LogP contribution is -2.20. The molecule has 0 saturated carbocycles. The van der Waals surface area contributed by atoms with Crippen LogP contribution in [0.1, 0.15) is 17.7 Å². The molecule has 0 aliphatic rings. The first-order chi connectivity index (χ1) is 11.5. The summed E-state index contributed by atoms with van der Waals surface area (Å²) in [5, 5.41) is 16.9. The van der Waals surface area contributed by atoms with E-state index in [0.29, 0.717) is 10.6 Å². The van der Waals surface area contributed by atoms with Gasteiger partial charge in [-0.05, 0) is 18.2 Å².